The van der Waals surface area contributed by atoms with Crippen LogP contribution < -0.4 is 15.4 Å². The molecule has 0 aromatic heterocycles. The second kappa shape index (κ2) is 9.33. The van der Waals surface area contributed by atoms with E-state index >= 15 is 0 Å². The molecule has 1 heterocycles. The average Bonchev–Trinajstić information content (AvgIpc) is 3.29. The summed E-state index contributed by atoms with van der Waals surface area (Å²) < 4.78 is 16.3. The molecular weight excluding hydrogens is 424 g/mol. The first-order valence-electron chi connectivity index (χ1n) is 12.1. The minimum Gasteiger partial charge on any atom is -0.491 e. The summed E-state index contributed by atoms with van der Waals surface area (Å²) in [5.41, 5.74) is 0.133. The molecule has 4 aliphatic carbocycles. The van der Waals surface area contributed by atoms with Crippen LogP contribution in [0, 0.1) is 17.8 Å². The number of ether oxygens (including phenoxy) is 3. The molecule has 4 saturated carbocycles. The Morgan fingerprint density at radius 2 is 1.67 bits per heavy atom. The van der Waals surface area contributed by atoms with Gasteiger partial charge in [0.2, 0.25) is 0 Å². The minimum atomic E-state index is -0.637. The van der Waals surface area contributed by atoms with Crippen molar-refractivity contribution < 1.29 is 28.6 Å². The van der Waals surface area contributed by atoms with Gasteiger partial charge in [-0.3, -0.25) is 10.1 Å². The fraction of sp³-hybridized carbons (Fsp3) is 0.640. The highest BCUT2D eigenvalue weighted by molar-refractivity contribution is 5.97. The van der Waals surface area contributed by atoms with Gasteiger partial charge < -0.3 is 19.5 Å². The van der Waals surface area contributed by atoms with E-state index in [-0.39, 0.29) is 11.6 Å². The summed E-state index contributed by atoms with van der Waals surface area (Å²) in [6, 6.07) is 6.05. The van der Waals surface area contributed by atoms with Crippen molar-refractivity contribution in [3.8, 4) is 5.75 Å². The standard InChI is InChI=1S/C25H32N2O6/c28-22(26-24(30)27-25-11-16-8-17(12-25)10-18(9-16)13-25)15-33-23(29)19-3-5-20(6-4-19)32-14-21-2-1-7-31-21/h3-6,16-18,21H,1-2,7-15H2,(H2,26,27,28,30)/t16?,17?,18?,21-,25?/m0/s1. The van der Waals surface area contributed by atoms with Crippen molar-refractivity contribution in [3.05, 3.63) is 29.8 Å². The monoisotopic (exact) mass is 456 g/mol. The number of imide groups is 1. The third-order valence-corrected chi connectivity index (χ3v) is 7.55. The van der Waals surface area contributed by atoms with E-state index < -0.39 is 24.5 Å². The van der Waals surface area contributed by atoms with E-state index in [1.54, 1.807) is 24.3 Å². The lowest BCUT2D eigenvalue weighted by Gasteiger charge is -2.56. The van der Waals surface area contributed by atoms with Gasteiger partial charge in [-0.1, -0.05) is 0 Å². The number of nitrogens with one attached hydrogen (secondary N) is 2. The summed E-state index contributed by atoms with van der Waals surface area (Å²) >= 11 is 0. The van der Waals surface area contributed by atoms with Crippen LogP contribution in [0.2, 0.25) is 0 Å². The number of hydrogen-bond acceptors (Lipinski definition) is 6. The molecule has 1 aromatic rings. The number of benzene rings is 1. The Bertz CT molecular complexity index is 857. The van der Waals surface area contributed by atoms with Crippen LogP contribution in [0.5, 0.6) is 5.75 Å². The van der Waals surface area contributed by atoms with Crippen molar-refractivity contribution in [1.29, 1.82) is 0 Å². The Morgan fingerprint density at radius 3 is 2.27 bits per heavy atom. The van der Waals surface area contributed by atoms with Gasteiger partial charge in [-0.05, 0) is 93.4 Å². The van der Waals surface area contributed by atoms with Gasteiger partial charge in [-0.2, -0.15) is 0 Å². The summed E-state index contributed by atoms with van der Waals surface area (Å²) in [6.07, 6.45) is 9.00. The van der Waals surface area contributed by atoms with Crippen molar-refractivity contribution in [2.75, 3.05) is 19.8 Å². The molecule has 8 nitrogen and oxygen atoms in total. The highest BCUT2D eigenvalue weighted by Crippen LogP contribution is 2.55. The Balaban J connectivity index is 1.04. The van der Waals surface area contributed by atoms with E-state index in [4.69, 9.17) is 14.2 Å². The lowest BCUT2D eigenvalue weighted by atomic mass is 9.53. The normalized spacial score (nSPS) is 31.8. The molecule has 0 unspecified atom stereocenters. The Labute approximate surface area is 193 Å². The van der Waals surface area contributed by atoms with E-state index in [0.717, 1.165) is 38.7 Å². The molecule has 0 spiro atoms. The van der Waals surface area contributed by atoms with Crippen LogP contribution in [0.15, 0.2) is 24.3 Å². The predicted molar refractivity (Wildman–Crippen MR) is 119 cm³/mol. The molecule has 33 heavy (non-hydrogen) atoms. The van der Waals surface area contributed by atoms with E-state index in [2.05, 4.69) is 10.6 Å². The molecule has 3 amide bonds. The van der Waals surface area contributed by atoms with Crippen molar-refractivity contribution in [2.24, 2.45) is 17.8 Å². The van der Waals surface area contributed by atoms with Crippen LogP contribution >= 0.6 is 0 Å². The third-order valence-electron chi connectivity index (χ3n) is 7.55. The summed E-state index contributed by atoms with van der Waals surface area (Å²) in [7, 11) is 0. The van der Waals surface area contributed by atoms with Crippen molar-refractivity contribution in [1.82, 2.24) is 10.6 Å². The van der Waals surface area contributed by atoms with Gasteiger partial charge in [0.25, 0.3) is 5.91 Å². The van der Waals surface area contributed by atoms with Gasteiger partial charge in [0.05, 0.1) is 11.7 Å². The largest absolute Gasteiger partial charge is 0.491 e. The number of carbonyl (C=O) groups is 3. The summed E-state index contributed by atoms with van der Waals surface area (Å²) in [5, 5.41) is 5.40. The quantitative estimate of drug-likeness (QED) is 0.611. The van der Waals surface area contributed by atoms with Crippen LogP contribution in [0.3, 0.4) is 0 Å². The fourth-order valence-corrected chi connectivity index (χ4v) is 6.57. The molecule has 5 fully saturated rings. The Morgan fingerprint density at radius 1 is 1.00 bits per heavy atom. The molecule has 1 aliphatic heterocycles. The van der Waals surface area contributed by atoms with Gasteiger partial charge in [0.15, 0.2) is 6.61 Å². The maximum atomic E-state index is 12.4. The van der Waals surface area contributed by atoms with Crippen LogP contribution in [0.4, 0.5) is 4.79 Å². The number of carbonyl (C=O) groups excluding carboxylic acids is 3. The van der Waals surface area contributed by atoms with Crippen molar-refractivity contribution in [2.45, 2.75) is 63.0 Å². The Hall–Kier alpha value is -2.61. The van der Waals surface area contributed by atoms with Gasteiger partial charge >= 0.3 is 12.0 Å². The summed E-state index contributed by atoms with van der Waals surface area (Å²) in [5.74, 6) is 1.46. The van der Waals surface area contributed by atoms with E-state index in [1.165, 1.54) is 19.3 Å². The average molecular weight is 457 g/mol. The number of amides is 3. The maximum absolute atomic E-state index is 12.4. The zero-order valence-electron chi connectivity index (χ0n) is 18.8. The molecule has 5 aliphatic rings. The van der Waals surface area contributed by atoms with Crippen LogP contribution in [-0.4, -0.2) is 49.4 Å². The number of hydrogen-bond donors (Lipinski definition) is 2. The highest BCUT2D eigenvalue weighted by atomic mass is 16.5. The molecule has 8 heteroatoms. The topological polar surface area (TPSA) is 103 Å². The van der Waals surface area contributed by atoms with Gasteiger partial charge in [-0.25, -0.2) is 9.59 Å². The highest BCUT2D eigenvalue weighted by Gasteiger charge is 2.51. The van der Waals surface area contributed by atoms with Crippen molar-refractivity contribution >= 4 is 17.9 Å². The molecular formula is C25H32N2O6. The molecule has 1 atom stereocenters. The smallest absolute Gasteiger partial charge is 0.338 e. The first-order valence-corrected chi connectivity index (χ1v) is 12.1. The van der Waals surface area contributed by atoms with E-state index in [0.29, 0.717) is 35.7 Å². The Kier molecular flexibility index (Phi) is 6.27. The lowest BCUT2D eigenvalue weighted by Crippen LogP contribution is -2.62. The molecule has 6 rings (SSSR count). The van der Waals surface area contributed by atoms with Crippen molar-refractivity contribution in [3.63, 3.8) is 0 Å². The van der Waals surface area contributed by atoms with E-state index in [9.17, 15) is 14.4 Å². The second-order valence-electron chi connectivity index (χ2n) is 10.2. The van der Waals surface area contributed by atoms with Crippen LogP contribution in [-0.2, 0) is 14.3 Å². The molecule has 0 radical (unpaired) electrons. The molecule has 178 valence electrons. The SMILES string of the molecule is O=C(COC(=O)c1ccc(OC[C@@H]2CCCO2)cc1)NC(=O)NC12CC3CC(CC(C3)C1)C2. The molecule has 2 N–H and O–H groups in total. The molecule has 4 bridgehead atoms. The first kappa shape index (κ1) is 22.2. The van der Waals surface area contributed by atoms with Crippen LogP contribution in [0.25, 0.3) is 0 Å². The fourth-order valence-electron chi connectivity index (χ4n) is 6.57. The number of urea groups is 1. The number of esters is 1. The summed E-state index contributed by atoms with van der Waals surface area (Å²) in [4.78, 5) is 36.8. The molecule has 1 saturated heterocycles. The number of rotatable bonds is 7. The van der Waals surface area contributed by atoms with E-state index in [1.807, 2.05) is 0 Å². The van der Waals surface area contributed by atoms with Gasteiger partial charge in [-0.15, -0.1) is 0 Å². The zero-order chi connectivity index (χ0) is 22.8. The summed E-state index contributed by atoms with van der Waals surface area (Å²) in [6.45, 7) is 0.746. The van der Waals surface area contributed by atoms with Gasteiger partial charge in [0.1, 0.15) is 12.4 Å². The van der Waals surface area contributed by atoms with Gasteiger partial charge in [0, 0.05) is 12.1 Å². The van der Waals surface area contributed by atoms with Crippen LogP contribution in [0.1, 0.15) is 61.7 Å². The zero-order valence-corrected chi connectivity index (χ0v) is 18.8. The first-order chi connectivity index (χ1) is 16.0. The lowest BCUT2D eigenvalue weighted by molar-refractivity contribution is -0.123. The second-order valence-corrected chi connectivity index (χ2v) is 10.2. The minimum absolute atomic E-state index is 0.119. The predicted octanol–water partition coefficient (Wildman–Crippen LogP) is 3.20. The molecule has 1 aromatic carbocycles. The maximum Gasteiger partial charge on any atom is 0.338 e. The third kappa shape index (κ3) is 5.32.